The van der Waals surface area contributed by atoms with E-state index in [2.05, 4.69) is 15.1 Å². The zero-order chi connectivity index (χ0) is 16.7. The minimum Gasteiger partial charge on any atom is -0.335 e. The average molecular weight is 328 g/mol. The van der Waals surface area contributed by atoms with Gasteiger partial charge in [0.05, 0.1) is 18.3 Å². The van der Waals surface area contributed by atoms with Gasteiger partial charge in [-0.2, -0.15) is 5.10 Å². The summed E-state index contributed by atoms with van der Waals surface area (Å²) in [6.45, 7) is 4.42. The molecule has 0 saturated carbocycles. The van der Waals surface area contributed by atoms with Crippen molar-refractivity contribution in [3.8, 4) is 0 Å². The number of benzene rings is 1. The highest BCUT2D eigenvalue weighted by atomic mass is 19.1. The molecule has 1 amide bonds. The molecule has 1 saturated heterocycles. The highest BCUT2D eigenvalue weighted by Gasteiger charge is 2.39. The molecule has 126 valence electrons. The number of rotatable bonds is 3. The molecular formula is C18H21FN4O. The first kappa shape index (κ1) is 15.3. The molecule has 6 heteroatoms. The monoisotopic (exact) mass is 328 g/mol. The Morgan fingerprint density at radius 2 is 2.08 bits per heavy atom. The molecule has 0 aliphatic carbocycles. The Labute approximate surface area is 140 Å². The van der Waals surface area contributed by atoms with Crippen molar-refractivity contribution in [3.05, 3.63) is 53.1 Å². The number of nitrogens with zero attached hydrogens (tertiary/aromatic N) is 3. The van der Waals surface area contributed by atoms with E-state index >= 15 is 0 Å². The van der Waals surface area contributed by atoms with Crippen molar-refractivity contribution in [2.45, 2.75) is 38.4 Å². The molecule has 0 radical (unpaired) electrons. The van der Waals surface area contributed by atoms with E-state index in [0.29, 0.717) is 0 Å². The van der Waals surface area contributed by atoms with Crippen molar-refractivity contribution < 1.29 is 9.18 Å². The van der Waals surface area contributed by atoms with Crippen molar-refractivity contribution >= 4 is 5.91 Å². The molecule has 24 heavy (non-hydrogen) atoms. The van der Waals surface area contributed by atoms with E-state index in [4.69, 9.17) is 0 Å². The quantitative estimate of drug-likeness (QED) is 0.940. The Kier molecular flexibility index (Phi) is 3.84. The number of fused-ring (bicyclic) bond motifs is 1. The van der Waals surface area contributed by atoms with Gasteiger partial charge in [-0.3, -0.25) is 14.8 Å². The average Bonchev–Trinajstić information content (AvgIpc) is 3.20. The number of nitrogens with one attached hydrogen (secondary N) is 1. The topological polar surface area (TPSA) is 52.2 Å². The van der Waals surface area contributed by atoms with Crippen molar-refractivity contribution in [1.82, 2.24) is 20.0 Å². The highest BCUT2D eigenvalue weighted by Crippen LogP contribution is 2.30. The van der Waals surface area contributed by atoms with Crippen LogP contribution in [0.3, 0.4) is 0 Å². The lowest BCUT2D eigenvalue weighted by atomic mass is 10.1. The first-order chi connectivity index (χ1) is 11.6. The van der Waals surface area contributed by atoms with Gasteiger partial charge >= 0.3 is 0 Å². The highest BCUT2D eigenvalue weighted by molar-refractivity contribution is 5.84. The van der Waals surface area contributed by atoms with Crippen LogP contribution >= 0.6 is 0 Å². The number of hydrogen-bond donors (Lipinski definition) is 1. The van der Waals surface area contributed by atoms with Crippen LogP contribution in [0.25, 0.3) is 0 Å². The number of carbonyl (C=O) groups excluding carboxylic acids is 1. The number of carbonyl (C=O) groups is 1. The Morgan fingerprint density at radius 1 is 1.29 bits per heavy atom. The van der Waals surface area contributed by atoms with Crippen LogP contribution in [0.15, 0.2) is 30.5 Å². The van der Waals surface area contributed by atoms with Crippen molar-refractivity contribution in [1.29, 1.82) is 0 Å². The summed E-state index contributed by atoms with van der Waals surface area (Å²) in [7, 11) is 0. The van der Waals surface area contributed by atoms with Gasteiger partial charge in [0.25, 0.3) is 0 Å². The number of amides is 1. The summed E-state index contributed by atoms with van der Waals surface area (Å²) in [6, 6.07) is 6.34. The number of aromatic amines is 1. The third kappa shape index (κ3) is 2.60. The maximum Gasteiger partial charge on any atom is 0.240 e. The molecule has 2 aliphatic heterocycles. The van der Waals surface area contributed by atoms with E-state index in [0.717, 1.165) is 38.0 Å². The van der Waals surface area contributed by atoms with Gasteiger partial charge in [-0.05, 0) is 31.0 Å². The normalized spacial score (nSPS) is 22.7. The van der Waals surface area contributed by atoms with Gasteiger partial charge in [-0.25, -0.2) is 4.39 Å². The van der Waals surface area contributed by atoms with Gasteiger partial charge in [0.2, 0.25) is 5.91 Å². The largest absolute Gasteiger partial charge is 0.335 e. The second kappa shape index (κ2) is 6.02. The predicted molar refractivity (Wildman–Crippen MR) is 87.6 cm³/mol. The van der Waals surface area contributed by atoms with Crippen LogP contribution < -0.4 is 0 Å². The van der Waals surface area contributed by atoms with Gasteiger partial charge in [-0.15, -0.1) is 0 Å². The van der Waals surface area contributed by atoms with Crippen LogP contribution in [0.5, 0.6) is 0 Å². The minimum absolute atomic E-state index is 0.0302. The smallest absolute Gasteiger partial charge is 0.240 e. The van der Waals surface area contributed by atoms with E-state index in [-0.39, 0.29) is 23.8 Å². The zero-order valence-corrected chi connectivity index (χ0v) is 13.7. The minimum atomic E-state index is -0.249. The van der Waals surface area contributed by atoms with Crippen LogP contribution in [0.2, 0.25) is 0 Å². The van der Waals surface area contributed by atoms with Crippen LogP contribution in [-0.4, -0.2) is 45.0 Å². The Bertz CT molecular complexity index is 742. The molecule has 1 N–H and O–H groups in total. The summed E-state index contributed by atoms with van der Waals surface area (Å²) >= 11 is 0. The Hall–Kier alpha value is -2.21. The van der Waals surface area contributed by atoms with Crippen LogP contribution in [0.4, 0.5) is 4.39 Å². The van der Waals surface area contributed by atoms with E-state index in [9.17, 15) is 9.18 Å². The Balaban J connectivity index is 1.47. The lowest BCUT2D eigenvalue weighted by molar-refractivity contribution is -0.134. The number of halogens is 1. The summed E-state index contributed by atoms with van der Waals surface area (Å²) in [5.41, 5.74) is 3.36. The van der Waals surface area contributed by atoms with Gasteiger partial charge in [0.15, 0.2) is 0 Å². The lowest BCUT2D eigenvalue weighted by Crippen LogP contribution is -2.44. The van der Waals surface area contributed by atoms with E-state index in [1.165, 1.54) is 23.4 Å². The van der Waals surface area contributed by atoms with Gasteiger partial charge in [0.1, 0.15) is 5.82 Å². The van der Waals surface area contributed by atoms with Crippen LogP contribution in [0.1, 0.15) is 36.2 Å². The van der Waals surface area contributed by atoms with Crippen LogP contribution in [0, 0.1) is 5.82 Å². The fourth-order valence-electron chi connectivity index (χ4n) is 3.84. The molecular weight excluding hydrogens is 307 g/mol. The van der Waals surface area contributed by atoms with Gasteiger partial charge in [-0.1, -0.05) is 12.1 Å². The summed E-state index contributed by atoms with van der Waals surface area (Å²) in [5.74, 6) is -0.0698. The molecule has 5 nitrogen and oxygen atoms in total. The summed E-state index contributed by atoms with van der Waals surface area (Å²) in [6.07, 6.45) is 3.62. The SMILES string of the molecule is C[C@@H](c1ccc(F)cc1)N1CC[C@H](N2CCc3[nH]ncc3C2)C1=O. The van der Waals surface area contributed by atoms with Gasteiger partial charge < -0.3 is 4.90 Å². The maximum absolute atomic E-state index is 13.1. The third-order valence-corrected chi connectivity index (χ3v) is 5.30. The first-order valence-electron chi connectivity index (χ1n) is 8.44. The maximum atomic E-state index is 13.1. The van der Waals surface area contributed by atoms with E-state index in [1.54, 1.807) is 12.1 Å². The van der Waals surface area contributed by atoms with Crippen molar-refractivity contribution in [3.63, 3.8) is 0 Å². The number of aromatic nitrogens is 2. The zero-order valence-electron chi connectivity index (χ0n) is 13.7. The molecule has 1 aromatic carbocycles. The second-order valence-corrected chi connectivity index (χ2v) is 6.66. The summed E-state index contributed by atoms with van der Waals surface area (Å²) in [4.78, 5) is 17.1. The molecule has 4 rings (SSSR count). The molecule has 3 heterocycles. The molecule has 0 unspecified atom stereocenters. The fraction of sp³-hybridized carbons (Fsp3) is 0.444. The molecule has 1 aromatic heterocycles. The molecule has 2 aliphatic rings. The predicted octanol–water partition coefficient (Wildman–Crippen LogP) is 2.27. The lowest BCUT2D eigenvalue weighted by Gasteiger charge is -2.32. The first-order valence-corrected chi connectivity index (χ1v) is 8.44. The van der Waals surface area contributed by atoms with Crippen molar-refractivity contribution in [2.24, 2.45) is 0 Å². The molecule has 0 spiro atoms. The van der Waals surface area contributed by atoms with E-state index < -0.39 is 0 Å². The molecule has 1 fully saturated rings. The molecule has 2 aromatic rings. The number of likely N-dealkylation sites (tertiary alicyclic amines) is 1. The van der Waals surface area contributed by atoms with Gasteiger partial charge in [0, 0.05) is 37.3 Å². The van der Waals surface area contributed by atoms with E-state index in [1.807, 2.05) is 18.0 Å². The molecule has 2 atom stereocenters. The third-order valence-electron chi connectivity index (χ3n) is 5.30. The summed E-state index contributed by atoms with van der Waals surface area (Å²) in [5, 5.41) is 7.13. The molecule has 0 bridgehead atoms. The second-order valence-electron chi connectivity index (χ2n) is 6.66. The number of H-pyrrole nitrogens is 1. The standard InChI is InChI=1S/C18H21FN4O/c1-12(13-2-4-15(19)5-3-13)23-9-7-17(18(23)24)22-8-6-16-14(11-22)10-20-21-16/h2-5,10,12,17H,6-9,11H2,1H3,(H,20,21)/t12-,17-/m0/s1. The summed E-state index contributed by atoms with van der Waals surface area (Å²) < 4.78 is 13.1. The fourth-order valence-corrected chi connectivity index (χ4v) is 3.84. The van der Waals surface area contributed by atoms with Crippen LogP contribution in [-0.2, 0) is 17.8 Å². The number of hydrogen-bond acceptors (Lipinski definition) is 3. The van der Waals surface area contributed by atoms with Crippen molar-refractivity contribution in [2.75, 3.05) is 13.1 Å². The Morgan fingerprint density at radius 3 is 2.88 bits per heavy atom.